The third-order valence-corrected chi connectivity index (χ3v) is 7.12. The standard InChI is InChI=1S/C26H28F2N8/c1-14(2)36-15(3)33-25-20(27)4-17(5-23(25)36)19-6-24(30-10-21(19)28)34-26-31-7-16(8-32-26)11-35-12-18-9-29-22(18)13-35/h4-8,10,14,18,22,29H,9,11-13H2,1-3H3,(H,30,31,32,34)/t18-,22+/m0/s1. The number of nitrogens with one attached hydrogen (secondary N) is 2. The van der Waals surface area contributed by atoms with E-state index in [4.69, 9.17) is 0 Å². The van der Waals surface area contributed by atoms with Gasteiger partial charge in [0.25, 0.3) is 0 Å². The summed E-state index contributed by atoms with van der Waals surface area (Å²) in [7, 11) is 0. The van der Waals surface area contributed by atoms with Gasteiger partial charge in [0.1, 0.15) is 23.0 Å². The van der Waals surface area contributed by atoms with Crippen LogP contribution in [-0.2, 0) is 6.54 Å². The van der Waals surface area contributed by atoms with Gasteiger partial charge in [0, 0.05) is 67.7 Å². The highest BCUT2D eigenvalue weighted by molar-refractivity contribution is 5.84. The number of halogens is 2. The van der Waals surface area contributed by atoms with Crippen molar-refractivity contribution in [3.63, 3.8) is 0 Å². The molecule has 2 aliphatic heterocycles. The first kappa shape index (κ1) is 22.9. The number of aromatic nitrogens is 5. The summed E-state index contributed by atoms with van der Waals surface area (Å²) in [6, 6.07) is 5.33. The molecule has 0 saturated carbocycles. The van der Waals surface area contributed by atoms with E-state index in [1.165, 1.54) is 6.07 Å². The lowest BCUT2D eigenvalue weighted by molar-refractivity contribution is 0.295. The molecule has 1 aromatic carbocycles. The third kappa shape index (κ3) is 4.10. The normalized spacial score (nSPS) is 19.6. The fourth-order valence-electron chi connectivity index (χ4n) is 5.35. The molecule has 4 aromatic rings. The van der Waals surface area contributed by atoms with Gasteiger partial charge >= 0.3 is 0 Å². The first-order valence-electron chi connectivity index (χ1n) is 12.2. The van der Waals surface area contributed by atoms with Crippen LogP contribution in [0.2, 0.25) is 0 Å². The van der Waals surface area contributed by atoms with Gasteiger partial charge in [-0.25, -0.2) is 28.7 Å². The molecule has 2 N–H and O–H groups in total. The van der Waals surface area contributed by atoms with Gasteiger partial charge in [0.2, 0.25) is 5.95 Å². The summed E-state index contributed by atoms with van der Waals surface area (Å²) >= 11 is 0. The average molecular weight is 491 g/mol. The minimum absolute atomic E-state index is 0.0848. The van der Waals surface area contributed by atoms with Crippen LogP contribution in [-0.4, -0.2) is 55.1 Å². The number of aryl methyl sites for hydroxylation is 1. The molecule has 0 unspecified atom stereocenters. The lowest BCUT2D eigenvalue weighted by Crippen LogP contribution is -2.51. The Morgan fingerprint density at radius 3 is 2.53 bits per heavy atom. The van der Waals surface area contributed by atoms with Crippen LogP contribution in [0.5, 0.6) is 0 Å². The number of fused-ring (bicyclic) bond motifs is 2. The molecule has 8 nitrogen and oxygen atoms in total. The molecule has 36 heavy (non-hydrogen) atoms. The molecule has 6 rings (SSSR count). The zero-order valence-electron chi connectivity index (χ0n) is 20.5. The molecular formula is C26H28F2N8. The van der Waals surface area contributed by atoms with E-state index >= 15 is 0 Å². The fourth-order valence-corrected chi connectivity index (χ4v) is 5.35. The molecule has 2 fully saturated rings. The van der Waals surface area contributed by atoms with Gasteiger partial charge < -0.3 is 15.2 Å². The topological polar surface area (TPSA) is 83.8 Å². The highest BCUT2D eigenvalue weighted by Gasteiger charge is 2.38. The van der Waals surface area contributed by atoms with Crippen LogP contribution in [0.25, 0.3) is 22.2 Å². The Balaban J connectivity index is 1.24. The number of nitrogens with zero attached hydrogens (tertiary/aromatic N) is 6. The Labute approximate surface area is 207 Å². The largest absolute Gasteiger partial charge is 0.326 e. The molecule has 5 heterocycles. The molecule has 3 aromatic heterocycles. The molecule has 2 atom stereocenters. The second-order valence-electron chi connectivity index (χ2n) is 10.0. The number of rotatable bonds is 6. The highest BCUT2D eigenvalue weighted by Crippen LogP contribution is 2.32. The summed E-state index contributed by atoms with van der Waals surface area (Å²) in [6.07, 6.45) is 4.72. The Morgan fingerprint density at radius 1 is 1.06 bits per heavy atom. The third-order valence-electron chi connectivity index (χ3n) is 7.12. The second kappa shape index (κ2) is 8.86. The van der Waals surface area contributed by atoms with Gasteiger partial charge in [-0.2, -0.15) is 0 Å². The highest BCUT2D eigenvalue weighted by atomic mass is 19.1. The quantitative estimate of drug-likeness (QED) is 0.419. The van der Waals surface area contributed by atoms with Crippen LogP contribution in [0.1, 0.15) is 31.3 Å². The molecule has 0 spiro atoms. The molecule has 186 valence electrons. The predicted molar refractivity (Wildman–Crippen MR) is 134 cm³/mol. The minimum atomic E-state index is -0.544. The van der Waals surface area contributed by atoms with Crippen molar-refractivity contribution in [3.8, 4) is 11.1 Å². The van der Waals surface area contributed by atoms with Crippen LogP contribution >= 0.6 is 0 Å². The maximum Gasteiger partial charge on any atom is 0.228 e. The van der Waals surface area contributed by atoms with Gasteiger partial charge in [0.15, 0.2) is 5.82 Å². The average Bonchev–Trinajstić information content (AvgIpc) is 3.32. The molecule has 0 radical (unpaired) electrons. The minimum Gasteiger partial charge on any atom is -0.326 e. The number of hydrogen-bond donors (Lipinski definition) is 2. The van der Waals surface area contributed by atoms with E-state index in [2.05, 4.69) is 35.5 Å². The lowest BCUT2D eigenvalue weighted by Gasteiger charge is -2.30. The summed E-state index contributed by atoms with van der Waals surface area (Å²) < 4.78 is 31.7. The molecule has 0 amide bonds. The van der Waals surface area contributed by atoms with Gasteiger partial charge in [-0.15, -0.1) is 0 Å². The van der Waals surface area contributed by atoms with E-state index < -0.39 is 11.6 Å². The van der Waals surface area contributed by atoms with Gasteiger partial charge in [-0.05, 0) is 44.5 Å². The van der Waals surface area contributed by atoms with Crippen molar-refractivity contribution >= 4 is 22.8 Å². The molecule has 2 aliphatic rings. The number of imidazole rings is 1. The number of hydrogen-bond acceptors (Lipinski definition) is 7. The number of pyridine rings is 1. The van der Waals surface area contributed by atoms with Crippen molar-refractivity contribution in [2.24, 2.45) is 5.92 Å². The Morgan fingerprint density at radius 2 is 1.86 bits per heavy atom. The molecule has 2 saturated heterocycles. The summed E-state index contributed by atoms with van der Waals surface area (Å²) in [5.41, 5.74) is 2.59. The fraction of sp³-hybridized carbons (Fsp3) is 0.385. The van der Waals surface area contributed by atoms with Crippen molar-refractivity contribution in [3.05, 3.63) is 59.8 Å². The summed E-state index contributed by atoms with van der Waals surface area (Å²) in [6.45, 7) is 9.92. The summed E-state index contributed by atoms with van der Waals surface area (Å²) in [4.78, 5) is 19.7. The smallest absolute Gasteiger partial charge is 0.228 e. The molecule has 0 aliphatic carbocycles. The molecule has 0 bridgehead atoms. The van der Waals surface area contributed by atoms with Crippen LogP contribution in [0, 0.1) is 24.5 Å². The maximum absolute atomic E-state index is 14.9. The first-order chi connectivity index (χ1) is 17.4. The van der Waals surface area contributed by atoms with E-state index in [0.717, 1.165) is 43.9 Å². The first-order valence-corrected chi connectivity index (χ1v) is 12.2. The van der Waals surface area contributed by atoms with E-state index in [1.54, 1.807) is 24.5 Å². The lowest BCUT2D eigenvalue weighted by atomic mass is 9.96. The van der Waals surface area contributed by atoms with Gasteiger partial charge in [-0.3, -0.25) is 4.90 Å². The van der Waals surface area contributed by atoms with E-state index in [9.17, 15) is 8.78 Å². The van der Waals surface area contributed by atoms with Gasteiger partial charge in [0.05, 0.1) is 11.7 Å². The van der Waals surface area contributed by atoms with E-state index in [-0.39, 0.29) is 17.1 Å². The van der Waals surface area contributed by atoms with Crippen molar-refractivity contribution in [1.29, 1.82) is 0 Å². The maximum atomic E-state index is 14.9. The van der Waals surface area contributed by atoms with Crippen molar-refractivity contribution in [1.82, 2.24) is 34.7 Å². The number of likely N-dealkylation sites (tertiary alicyclic amines) is 1. The van der Waals surface area contributed by atoms with Crippen LogP contribution in [0.4, 0.5) is 20.5 Å². The van der Waals surface area contributed by atoms with Crippen molar-refractivity contribution < 1.29 is 8.78 Å². The zero-order valence-corrected chi connectivity index (χ0v) is 20.5. The Bertz CT molecular complexity index is 1420. The Kier molecular flexibility index (Phi) is 5.65. The predicted octanol–water partition coefficient (Wildman–Crippen LogP) is 4.20. The number of benzene rings is 1. The molecular weight excluding hydrogens is 462 g/mol. The van der Waals surface area contributed by atoms with Crippen LogP contribution in [0.3, 0.4) is 0 Å². The van der Waals surface area contributed by atoms with Crippen molar-refractivity contribution in [2.75, 3.05) is 25.0 Å². The van der Waals surface area contributed by atoms with Crippen LogP contribution in [0.15, 0.2) is 36.8 Å². The summed E-state index contributed by atoms with van der Waals surface area (Å²) in [5, 5.41) is 6.50. The van der Waals surface area contributed by atoms with E-state index in [1.807, 2.05) is 25.3 Å². The van der Waals surface area contributed by atoms with Gasteiger partial charge in [-0.1, -0.05) is 0 Å². The van der Waals surface area contributed by atoms with Crippen molar-refractivity contribution in [2.45, 2.75) is 39.4 Å². The zero-order chi connectivity index (χ0) is 25.0. The SMILES string of the molecule is Cc1nc2c(F)cc(-c3cc(Nc4ncc(CN5C[C@@H]6CN[C@@H]6C5)cn4)ncc3F)cc2n1C(C)C. The summed E-state index contributed by atoms with van der Waals surface area (Å²) in [5.74, 6) is 1.17. The van der Waals surface area contributed by atoms with E-state index in [0.29, 0.717) is 34.7 Å². The monoisotopic (exact) mass is 490 g/mol. The van der Waals surface area contributed by atoms with Crippen LogP contribution < -0.4 is 10.6 Å². The second-order valence-corrected chi connectivity index (χ2v) is 10.0. The Hall–Kier alpha value is -3.50. The number of anilines is 2. The molecule has 10 heteroatoms.